The summed E-state index contributed by atoms with van der Waals surface area (Å²) in [5, 5.41) is 11.3. The van der Waals surface area contributed by atoms with Gasteiger partial charge in [-0.25, -0.2) is 0 Å². The van der Waals surface area contributed by atoms with Gasteiger partial charge in [0.15, 0.2) is 0 Å². The second kappa shape index (κ2) is 14.1. The first kappa shape index (κ1) is 32.7. The van der Waals surface area contributed by atoms with Crippen LogP contribution in [0.1, 0.15) is 18.4 Å². The number of carbonyl (C=O) groups excluding carboxylic acids is 1. The number of ether oxygens (including phenoxy) is 3. The average Bonchev–Trinajstić information content (AvgIpc) is 3.32. The first-order valence-electron chi connectivity index (χ1n) is 13.3. The van der Waals surface area contributed by atoms with E-state index in [1.165, 1.54) is 42.5 Å². The summed E-state index contributed by atoms with van der Waals surface area (Å²) in [7, 11) is 0. The molecule has 45 heavy (non-hydrogen) atoms. The number of alkyl halides is 6. The van der Waals surface area contributed by atoms with Crippen molar-refractivity contribution in [2.24, 2.45) is 5.92 Å². The van der Waals surface area contributed by atoms with Gasteiger partial charge in [0, 0.05) is 12.1 Å². The molecule has 2 aliphatic carbocycles. The summed E-state index contributed by atoms with van der Waals surface area (Å²) in [5.41, 5.74) is 2.17. The monoisotopic (exact) mass is 633 g/mol. The lowest BCUT2D eigenvalue weighted by Gasteiger charge is -2.16. The van der Waals surface area contributed by atoms with Crippen LogP contribution >= 0.6 is 0 Å². The van der Waals surface area contributed by atoms with Crippen LogP contribution in [0.3, 0.4) is 0 Å². The fourth-order valence-corrected chi connectivity index (χ4v) is 4.28. The average molecular weight is 634 g/mol. The van der Waals surface area contributed by atoms with E-state index >= 15 is 0 Å². The van der Waals surface area contributed by atoms with Crippen LogP contribution in [0.25, 0.3) is 16.7 Å². The molecule has 1 unspecified atom stereocenters. The van der Waals surface area contributed by atoms with Crippen molar-refractivity contribution >= 4 is 17.4 Å². The van der Waals surface area contributed by atoms with E-state index in [-0.39, 0.29) is 25.1 Å². The zero-order chi connectivity index (χ0) is 32.6. The van der Waals surface area contributed by atoms with Crippen LogP contribution < -0.4 is 14.8 Å². The second-order valence-electron chi connectivity index (χ2n) is 9.57. The number of carbonyl (C=O) groups is 2. The Hall–Kier alpha value is -5.20. The number of hydrogen-bond acceptors (Lipinski definition) is 5. The molecule has 1 atom stereocenters. The standard InChI is InChI=1S/C32H25F6NO6/c33-31(34,35)44-25-6-1-3-21(9-15-25)27-16-11-23(20-7-13-26(14-8-20)45-32(36,37)38)19-28(27)43-24-5-2-4-22(10-12-24)30(42)39-18-17-29(40)41/h1-2,4-16,19,22H,3,17-18H2,(H,39,42)(H,40,41). The number of amides is 1. The molecule has 7 nitrogen and oxygen atoms in total. The van der Waals surface area contributed by atoms with Gasteiger partial charge in [0.05, 0.1) is 12.3 Å². The predicted molar refractivity (Wildman–Crippen MR) is 151 cm³/mol. The topological polar surface area (TPSA) is 94.1 Å². The third kappa shape index (κ3) is 10.2. The number of halogens is 6. The number of allylic oxidation sites excluding steroid dienone is 8. The van der Waals surface area contributed by atoms with E-state index in [2.05, 4.69) is 14.8 Å². The summed E-state index contributed by atoms with van der Waals surface area (Å²) in [6, 6.07) is 10.2. The van der Waals surface area contributed by atoms with E-state index in [0.717, 1.165) is 12.1 Å². The molecule has 0 spiro atoms. The zero-order valence-electron chi connectivity index (χ0n) is 23.2. The van der Waals surface area contributed by atoms with Crippen LogP contribution in [0.15, 0.2) is 109 Å². The van der Waals surface area contributed by atoms with Crippen molar-refractivity contribution in [1.82, 2.24) is 5.32 Å². The van der Waals surface area contributed by atoms with E-state index in [0.29, 0.717) is 28.0 Å². The molecule has 2 N–H and O–H groups in total. The Kier molecular flexibility index (Phi) is 10.2. The Morgan fingerprint density at radius 2 is 1.56 bits per heavy atom. The largest absolute Gasteiger partial charge is 0.573 e. The quantitative estimate of drug-likeness (QED) is 0.262. The lowest BCUT2D eigenvalue weighted by atomic mass is 9.97. The minimum Gasteiger partial charge on any atom is -0.481 e. The molecule has 1 amide bonds. The maximum atomic E-state index is 12.8. The molecule has 0 heterocycles. The molecule has 0 aromatic heterocycles. The lowest BCUT2D eigenvalue weighted by Crippen LogP contribution is -2.30. The second-order valence-corrected chi connectivity index (χ2v) is 9.57. The predicted octanol–water partition coefficient (Wildman–Crippen LogP) is 7.61. The van der Waals surface area contributed by atoms with Gasteiger partial charge in [0.1, 0.15) is 23.0 Å². The smallest absolute Gasteiger partial charge is 0.481 e. The molecule has 236 valence electrons. The molecule has 2 aromatic carbocycles. The number of aliphatic carboxylic acids is 1. The Balaban J connectivity index is 1.64. The Labute approximate surface area is 253 Å². The zero-order valence-corrected chi connectivity index (χ0v) is 23.2. The number of carboxylic acid groups (broad SMARTS) is 1. The van der Waals surface area contributed by atoms with Crippen LogP contribution in [0.2, 0.25) is 0 Å². The summed E-state index contributed by atoms with van der Waals surface area (Å²) in [4.78, 5) is 23.2. The Morgan fingerprint density at radius 1 is 0.844 bits per heavy atom. The van der Waals surface area contributed by atoms with Gasteiger partial charge < -0.3 is 24.6 Å². The molecule has 0 radical (unpaired) electrons. The van der Waals surface area contributed by atoms with Gasteiger partial charge in [-0.05, 0) is 65.6 Å². The van der Waals surface area contributed by atoms with Gasteiger partial charge >= 0.3 is 18.7 Å². The molecular formula is C32H25F6NO6. The van der Waals surface area contributed by atoms with Crippen LogP contribution in [0.4, 0.5) is 26.3 Å². The highest BCUT2D eigenvalue weighted by Gasteiger charge is 2.32. The highest BCUT2D eigenvalue weighted by Crippen LogP contribution is 2.37. The molecule has 0 saturated heterocycles. The highest BCUT2D eigenvalue weighted by atomic mass is 19.4. The van der Waals surface area contributed by atoms with Gasteiger partial charge in [-0.1, -0.05) is 54.6 Å². The number of rotatable bonds is 10. The molecule has 0 saturated carbocycles. The van der Waals surface area contributed by atoms with Crippen molar-refractivity contribution in [2.75, 3.05) is 6.54 Å². The van der Waals surface area contributed by atoms with Crippen molar-refractivity contribution in [2.45, 2.75) is 25.6 Å². The summed E-state index contributed by atoms with van der Waals surface area (Å²) < 4.78 is 90.3. The maximum absolute atomic E-state index is 12.8. The van der Waals surface area contributed by atoms with Crippen molar-refractivity contribution in [3.05, 3.63) is 114 Å². The number of benzene rings is 2. The molecule has 0 bridgehead atoms. The van der Waals surface area contributed by atoms with Crippen LogP contribution in [0.5, 0.6) is 11.5 Å². The first-order valence-corrected chi connectivity index (χ1v) is 13.3. The van der Waals surface area contributed by atoms with Crippen molar-refractivity contribution in [1.29, 1.82) is 0 Å². The van der Waals surface area contributed by atoms with Crippen molar-refractivity contribution in [3.63, 3.8) is 0 Å². The van der Waals surface area contributed by atoms with Gasteiger partial charge in [-0.3, -0.25) is 9.59 Å². The summed E-state index contributed by atoms with van der Waals surface area (Å²) in [6.45, 7) is -0.0453. The van der Waals surface area contributed by atoms with Gasteiger partial charge in [0.25, 0.3) is 0 Å². The number of carboxylic acids is 1. The van der Waals surface area contributed by atoms with Gasteiger partial charge in [0.2, 0.25) is 5.91 Å². The number of nitrogens with one attached hydrogen (secondary N) is 1. The van der Waals surface area contributed by atoms with E-state index in [9.17, 15) is 35.9 Å². The third-order valence-electron chi connectivity index (χ3n) is 6.27. The third-order valence-corrected chi connectivity index (χ3v) is 6.27. The van der Waals surface area contributed by atoms with Crippen molar-refractivity contribution in [3.8, 4) is 22.6 Å². The first-order chi connectivity index (χ1) is 21.3. The maximum Gasteiger partial charge on any atom is 0.573 e. The van der Waals surface area contributed by atoms with Crippen LogP contribution in [-0.2, 0) is 14.3 Å². The molecule has 2 aromatic rings. The molecule has 0 fully saturated rings. The Morgan fingerprint density at radius 3 is 2.24 bits per heavy atom. The SMILES string of the molecule is O=C(O)CCNC(=O)C1C=CC=C(Oc2cc(-c3ccc(OC(F)(F)F)cc3)ccc2C2=CC=C(OC(F)(F)F)C=CC2)C=C1. The highest BCUT2D eigenvalue weighted by molar-refractivity contribution is 5.83. The molecule has 2 aliphatic rings. The lowest BCUT2D eigenvalue weighted by molar-refractivity contribution is -0.303. The minimum atomic E-state index is -4.87. The van der Waals surface area contributed by atoms with Crippen molar-refractivity contribution < 1.29 is 55.2 Å². The number of hydrogen-bond donors (Lipinski definition) is 2. The summed E-state index contributed by atoms with van der Waals surface area (Å²) in [5.74, 6) is -2.44. The van der Waals surface area contributed by atoms with Crippen LogP contribution in [-0.4, -0.2) is 36.3 Å². The van der Waals surface area contributed by atoms with E-state index in [1.54, 1.807) is 42.5 Å². The van der Waals surface area contributed by atoms with Crippen LogP contribution in [0, 0.1) is 5.92 Å². The summed E-state index contributed by atoms with van der Waals surface area (Å²) in [6.07, 6.45) is 3.40. The van der Waals surface area contributed by atoms with E-state index < -0.39 is 42.0 Å². The fourth-order valence-electron chi connectivity index (χ4n) is 4.28. The summed E-state index contributed by atoms with van der Waals surface area (Å²) >= 11 is 0. The molecule has 13 heteroatoms. The van der Waals surface area contributed by atoms with E-state index in [4.69, 9.17) is 9.84 Å². The fraction of sp³-hybridized carbons (Fsp3) is 0.188. The minimum absolute atomic E-state index is 0.0453. The van der Waals surface area contributed by atoms with E-state index in [1.807, 2.05) is 0 Å². The molecular weight excluding hydrogens is 608 g/mol. The van der Waals surface area contributed by atoms with Gasteiger partial charge in [-0.15, -0.1) is 26.3 Å². The molecule has 0 aliphatic heterocycles. The molecule has 4 rings (SSSR count). The Bertz CT molecular complexity index is 1600. The normalized spacial score (nSPS) is 16.5. The van der Waals surface area contributed by atoms with Gasteiger partial charge in [-0.2, -0.15) is 0 Å².